The van der Waals surface area contributed by atoms with Gasteiger partial charge < -0.3 is 30.8 Å². The molecule has 32 heavy (non-hydrogen) atoms. The second-order valence-corrected chi connectivity index (χ2v) is 6.97. The molecule has 1 aliphatic heterocycles. The SMILES string of the molecule is CNc1cc(C(COC)N2CC(F)(F)CNC2=O)ccn1.Clc1ccccc1.NCC=O. The van der Waals surface area contributed by atoms with Crippen molar-refractivity contribution < 1.29 is 23.1 Å². The number of hydrogen-bond donors (Lipinski definition) is 3. The van der Waals surface area contributed by atoms with Crippen LogP contribution >= 0.6 is 11.6 Å². The molecule has 3 rings (SSSR count). The van der Waals surface area contributed by atoms with Gasteiger partial charge in [-0.1, -0.05) is 29.8 Å². The summed E-state index contributed by atoms with van der Waals surface area (Å²) in [6.07, 6.45) is 2.21. The number of ether oxygens (including phenoxy) is 1. The summed E-state index contributed by atoms with van der Waals surface area (Å²) in [7, 11) is 3.17. The van der Waals surface area contributed by atoms with Crippen LogP contribution in [0, 0.1) is 0 Å². The molecule has 0 spiro atoms. The number of nitrogens with one attached hydrogen (secondary N) is 2. The quantitative estimate of drug-likeness (QED) is 0.559. The number of carbonyl (C=O) groups excluding carboxylic acids is 2. The lowest BCUT2D eigenvalue weighted by atomic mass is 10.1. The van der Waals surface area contributed by atoms with Crippen LogP contribution in [0.25, 0.3) is 0 Å². The zero-order valence-electron chi connectivity index (χ0n) is 17.9. The number of carbonyl (C=O) groups is 2. The number of halogens is 3. The van der Waals surface area contributed by atoms with Crippen LogP contribution in [0.15, 0.2) is 48.7 Å². The van der Waals surface area contributed by atoms with Crippen molar-refractivity contribution in [2.45, 2.75) is 12.0 Å². The predicted molar refractivity (Wildman–Crippen MR) is 120 cm³/mol. The highest BCUT2D eigenvalue weighted by atomic mass is 35.5. The van der Waals surface area contributed by atoms with E-state index in [0.29, 0.717) is 17.7 Å². The molecule has 1 fully saturated rings. The van der Waals surface area contributed by atoms with E-state index in [2.05, 4.69) is 21.4 Å². The van der Waals surface area contributed by atoms with Gasteiger partial charge in [-0.2, -0.15) is 0 Å². The van der Waals surface area contributed by atoms with Crippen LogP contribution in [0.2, 0.25) is 5.02 Å². The zero-order chi connectivity index (χ0) is 24.0. The zero-order valence-corrected chi connectivity index (χ0v) is 18.7. The van der Waals surface area contributed by atoms with Crippen LogP contribution in [0.5, 0.6) is 0 Å². The molecule has 8 nitrogen and oxygen atoms in total. The highest BCUT2D eigenvalue weighted by Gasteiger charge is 2.42. The van der Waals surface area contributed by atoms with Crippen molar-refractivity contribution in [3.63, 3.8) is 0 Å². The van der Waals surface area contributed by atoms with Gasteiger partial charge in [0.1, 0.15) is 12.1 Å². The van der Waals surface area contributed by atoms with E-state index >= 15 is 0 Å². The molecule has 2 heterocycles. The van der Waals surface area contributed by atoms with E-state index in [-0.39, 0.29) is 13.2 Å². The van der Waals surface area contributed by atoms with Crippen molar-refractivity contribution in [3.8, 4) is 0 Å². The topological polar surface area (TPSA) is 110 Å². The van der Waals surface area contributed by atoms with Crippen molar-refractivity contribution in [3.05, 3.63) is 59.2 Å². The maximum atomic E-state index is 13.6. The van der Waals surface area contributed by atoms with E-state index in [1.807, 2.05) is 30.3 Å². The van der Waals surface area contributed by atoms with E-state index in [0.717, 1.165) is 9.92 Å². The number of nitrogens with two attached hydrogens (primary N) is 1. The molecule has 2 aromatic rings. The fourth-order valence-corrected chi connectivity index (χ4v) is 2.81. The van der Waals surface area contributed by atoms with Gasteiger partial charge in [-0.15, -0.1) is 0 Å². The Morgan fingerprint density at radius 3 is 2.53 bits per heavy atom. The molecule has 1 aromatic heterocycles. The monoisotopic (exact) mass is 471 g/mol. The van der Waals surface area contributed by atoms with Crippen molar-refractivity contribution in [2.24, 2.45) is 5.73 Å². The smallest absolute Gasteiger partial charge is 0.318 e. The molecule has 0 saturated carbocycles. The Morgan fingerprint density at radius 1 is 1.38 bits per heavy atom. The van der Waals surface area contributed by atoms with Crippen LogP contribution in [0.1, 0.15) is 11.6 Å². The van der Waals surface area contributed by atoms with Crippen LogP contribution in [-0.4, -0.2) is 68.5 Å². The average Bonchev–Trinajstić information content (AvgIpc) is 2.80. The van der Waals surface area contributed by atoms with Gasteiger partial charge in [-0.3, -0.25) is 0 Å². The number of hydrogen-bond acceptors (Lipinski definition) is 6. The molecule has 0 radical (unpaired) electrons. The molecule has 0 bridgehead atoms. The normalized spacial score (nSPS) is 15.2. The number of benzene rings is 1. The van der Waals surface area contributed by atoms with Gasteiger partial charge >= 0.3 is 6.03 Å². The van der Waals surface area contributed by atoms with Crippen molar-refractivity contribution in [2.75, 3.05) is 45.7 Å². The van der Waals surface area contributed by atoms with Gasteiger partial charge in [0.2, 0.25) is 0 Å². The average molecular weight is 472 g/mol. The Bertz CT molecular complexity index is 830. The lowest BCUT2D eigenvalue weighted by molar-refractivity contribution is -0.106. The molecule has 1 atom stereocenters. The molecule has 1 saturated heterocycles. The number of anilines is 1. The maximum absolute atomic E-state index is 13.6. The number of pyridine rings is 1. The summed E-state index contributed by atoms with van der Waals surface area (Å²) < 4.78 is 32.2. The number of rotatable bonds is 6. The third-order valence-corrected chi connectivity index (χ3v) is 4.37. The summed E-state index contributed by atoms with van der Waals surface area (Å²) in [6, 6.07) is 11.7. The summed E-state index contributed by atoms with van der Waals surface area (Å²) in [5.74, 6) is -2.36. The van der Waals surface area contributed by atoms with Gasteiger partial charge in [0.05, 0.1) is 25.7 Å². The lowest BCUT2D eigenvalue weighted by Gasteiger charge is -2.38. The lowest BCUT2D eigenvalue weighted by Crippen LogP contribution is -2.58. The number of alkyl halides is 2. The van der Waals surface area contributed by atoms with E-state index in [1.54, 1.807) is 25.4 Å². The number of methoxy groups -OCH3 is 1. The minimum Gasteiger partial charge on any atom is -0.382 e. The first kappa shape index (κ1) is 27.2. The van der Waals surface area contributed by atoms with E-state index in [4.69, 9.17) is 21.1 Å². The van der Waals surface area contributed by atoms with Gasteiger partial charge in [-0.05, 0) is 29.8 Å². The van der Waals surface area contributed by atoms with Crippen LogP contribution < -0.4 is 16.4 Å². The summed E-state index contributed by atoms with van der Waals surface area (Å²) in [5, 5.41) is 5.88. The first-order valence-corrected chi connectivity index (χ1v) is 10.0. The highest BCUT2D eigenvalue weighted by molar-refractivity contribution is 6.30. The number of aldehydes is 1. The molecular formula is C21H28ClF2N5O3. The van der Waals surface area contributed by atoms with Crippen molar-refractivity contribution in [1.29, 1.82) is 0 Å². The molecule has 1 aromatic carbocycles. The van der Waals surface area contributed by atoms with E-state index in [9.17, 15) is 13.6 Å². The second-order valence-electron chi connectivity index (χ2n) is 6.54. The fraction of sp³-hybridized carbons (Fsp3) is 0.381. The second kappa shape index (κ2) is 14.3. The Balaban J connectivity index is 0.000000382. The number of nitrogens with zero attached hydrogens (tertiary/aromatic N) is 2. The third-order valence-electron chi connectivity index (χ3n) is 4.12. The molecule has 4 N–H and O–H groups in total. The molecule has 0 aliphatic carbocycles. The Kier molecular flexibility index (Phi) is 12.1. The Hall–Kier alpha value is -2.82. The maximum Gasteiger partial charge on any atom is 0.318 e. The predicted octanol–water partition coefficient (Wildman–Crippen LogP) is 2.96. The number of aromatic nitrogens is 1. The first-order chi connectivity index (χ1) is 15.3. The van der Waals surface area contributed by atoms with Crippen LogP contribution in [0.3, 0.4) is 0 Å². The Labute approximate surface area is 191 Å². The molecular weight excluding hydrogens is 444 g/mol. The molecule has 1 aliphatic rings. The van der Waals surface area contributed by atoms with Gasteiger partial charge in [0.15, 0.2) is 0 Å². The van der Waals surface area contributed by atoms with Crippen molar-refractivity contribution in [1.82, 2.24) is 15.2 Å². The highest BCUT2D eigenvalue weighted by Crippen LogP contribution is 2.28. The molecule has 176 valence electrons. The summed E-state index contributed by atoms with van der Waals surface area (Å²) >= 11 is 5.54. The summed E-state index contributed by atoms with van der Waals surface area (Å²) in [4.78, 5) is 26.1. The Morgan fingerprint density at radius 2 is 2.03 bits per heavy atom. The van der Waals surface area contributed by atoms with E-state index in [1.165, 1.54) is 7.11 Å². The van der Waals surface area contributed by atoms with Crippen LogP contribution in [-0.2, 0) is 9.53 Å². The van der Waals surface area contributed by atoms with Gasteiger partial charge in [0.25, 0.3) is 5.92 Å². The summed E-state index contributed by atoms with van der Waals surface area (Å²) in [6.45, 7) is -1.01. The largest absolute Gasteiger partial charge is 0.382 e. The van der Waals surface area contributed by atoms with Gasteiger partial charge in [-0.25, -0.2) is 18.6 Å². The third kappa shape index (κ3) is 9.54. The fourth-order valence-electron chi connectivity index (χ4n) is 2.66. The van der Waals surface area contributed by atoms with E-state index < -0.39 is 31.1 Å². The number of urea groups is 1. The van der Waals surface area contributed by atoms with Crippen molar-refractivity contribution >= 4 is 29.7 Å². The summed E-state index contributed by atoms with van der Waals surface area (Å²) in [5.41, 5.74) is 5.34. The molecule has 1 unspecified atom stereocenters. The first-order valence-electron chi connectivity index (χ1n) is 9.67. The standard InChI is InChI=1S/C13H18F2N4O2.C6H5Cl.C2H5NO/c1-16-11-5-9(3-4-17-11)10(6-21-2)19-8-13(14,15)7-18-12(19)20;7-6-4-2-1-3-5-6;3-1-2-4/h3-5,10H,6-8H2,1-2H3,(H,16,17)(H,18,20);1-5H;2H,1,3H2. The van der Waals surface area contributed by atoms with Crippen LogP contribution in [0.4, 0.5) is 19.4 Å². The molecule has 2 amide bonds. The van der Waals surface area contributed by atoms with Gasteiger partial charge in [0, 0.05) is 31.9 Å². The minimum absolute atomic E-state index is 0.122. The minimum atomic E-state index is -2.96. The number of amides is 2. The molecule has 11 heteroatoms.